The lowest BCUT2D eigenvalue weighted by Crippen LogP contribution is -2.46. The Bertz CT molecular complexity index is 476. The van der Waals surface area contributed by atoms with Crippen LogP contribution in [0, 0.1) is 5.41 Å². The number of methoxy groups -OCH3 is 1. The molecule has 0 aliphatic carbocycles. The molecule has 19 heavy (non-hydrogen) atoms. The van der Waals surface area contributed by atoms with Gasteiger partial charge in [0.1, 0.15) is 18.1 Å². The van der Waals surface area contributed by atoms with Crippen molar-refractivity contribution >= 4 is 18.5 Å². The molecule has 1 heterocycles. The van der Waals surface area contributed by atoms with E-state index in [0.29, 0.717) is 17.9 Å². The maximum atomic E-state index is 11.4. The van der Waals surface area contributed by atoms with Crippen LogP contribution in [-0.2, 0) is 4.74 Å². The van der Waals surface area contributed by atoms with Crippen LogP contribution in [-0.4, -0.2) is 24.9 Å². The van der Waals surface area contributed by atoms with Crippen molar-refractivity contribution in [3.8, 4) is 11.5 Å². The first-order valence-corrected chi connectivity index (χ1v) is 5.74. The lowest BCUT2D eigenvalue weighted by molar-refractivity contribution is 0.0380. The largest absolute Gasteiger partial charge is 0.508 e. The van der Waals surface area contributed by atoms with E-state index in [0.717, 1.165) is 0 Å². The second-order valence-electron chi connectivity index (χ2n) is 5.07. The van der Waals surface area contributed by atoms with E-state index >= 15 is 0 Å². The fraction of sp³-hybridized carbons (Fsp3) is 0.462. The number of ether oxygens (including phenoxy) is 2. The second-order valence-corrected chi connectivity index (χ2v) is 5.07. The van der Waals surface area contributed by atoms with Gasteiger partial charge in [-0.2, -0.15) is 0 Å². The molecule has 106 valence electrons. The highest BCUT2D eigenvalue weighted by Crippen LogP contribution is 2.41. The molecule has 0 spiro atoms. The summed E-state index contributed by atoms with van der Waals surface area (Å²) in [5.41, 5.74) is 0.327. The quantitative estimate of drug-likeness (QED) is 0.877. The van der Waals surface area contributed by atoms with Crippen LogP contribution < -0.4 is 10.1 Å². The van der Waals surface area contributed by atoms with Crippen molar-refractivity contribution < 1.29 is 19.4 Å². The van der Waals surface area contributed by atoms with Crippen LogP contribution in [0.1, 0.15) is 25.5 Å². The number of benzene rings is 1. The molecule has 0 saturated carbocycles. The summed E-state index contributed by atoms with van der Waals surface area (Å²) < 4.78 is 10.1. The molecule has 0 aromatic heterocycles. The van der Waals surface area contributed by atoms with E-state index in [-0.39, 0.29) is 29.6 Å². The van der Waals surface area contributed by atoms with E-state index in [9.17, 15) is 9.90 Å². The highest BCUT2D eigenvalue weighted by Gasteiger charge is 2.39. The second kappa shape index (κ2) is 5.57. The summed E-state index contributed by atoms with van der Waals surface area (Å²) in [6.45, 7) is 4.24. The van der Waals surface area contributed by atoms with Crippen LogP contribution in [0.5, 0.6) is 11.5 Å². The monoisotopic (exact) mass is 287 g/mol. The Morgan fingerprint density at radius 3 is 2.79 bits per heavy atom. The summed E-state index contributed by atoms with van der Waals surface area (Å²) in [5, 5.41) is 12.7. The molecule has 0 unspecified atom stereocenters. The van der Waals surface area contributed by atoms with Crippen LogP contribution in [0.15, 0.2) is 18.2 Å². The minimum Gasteiger partial charge on any atom is -0.508 e. The molecule has 1 aromatic rings. The smallest absolute Gasteiger partial charge is 0.407 e. The zero-order valence-electron chi connectivity index (χ0n) is 11.1. The molecule has 1 fully saturated rings. The van der Waals surface area contributed by atoms with Crippen LogP contribution >= 0.6 is 12.4 Å². The van der Waals surface area contributed by atoms with Gasteiger partial charge in [0.15, 0.2) is 0 Å². The molecule has 0 bridgehead atoms. The van der Waals surface area contributed by atoms with Gasteiger partial charge in [-0.15, -0.1) is 12.4 Å². The molecule has 1 aromatic carbocycles. The average Bonchev–Trinajstić information content (AvgIpc) is 2.33. The summed E-state index contributed by atoms with van der Waals surface area (Å²) in [6.07, 6.45) is -0.471. The SMILES string of the molecule is COc1ccc(O)c([C@H]2NC(=O)OCC2(C)C)c1.Cl. The van der Waals surface area contributed by atoms with Crippen LogP contribution in [0.4, 0.5) is 4.79 Å². The van der Waals surface area contributed by atoms with Crippen LogP contribution in [0.25, 0.3) is 0 Å². The lowest BCUT2D eigenvalue weighted by atomic mass is 9.80. The van der Waals surface area contributed by atoms with E-state index in [1.54, 1.807) is 25.3 Å². The highest BCUT2D eigenvalue weighted by molar-refractivity contribution is 5.85. The topological polar surface area (TPSA) is 67.8 Å². The third-order valence-corrected chi connectivity index (χ3v) is 3.16. The fourth-order valence-electron chi connectivity index (χ4n) is 2.08. The van der Waals surface area contributed by atoms with Gasteiger partial charge in [-0.3, -0.25) is 0 Å². The Balaban J connectivity index is 0.00000180. The van der Waals surface area contributed by atoms with E-state index in [1.165, 1.54) is 0 Å². The molecule has 1 aliphatic heterocycles. The van der Waals surface area contributed by atoms with Gasteiger partial charge in [0.05, 0.1) is 13.2 Å². The zero-order valence-corrected chi connectivity index (χ0v) is 11.9. The Morgan fingerprint density at radius 2 is 2.16 bits per heavy atom. The van der Waals surface area contributed by atoms with Gasteiger partial charge >= 0.3 is 6.09 Å². The Hall–Kier alpha value is -1.62. The molecule has 1 aliphatic rings. The van der Waals surface area contributed by atoms with E-state index in [1.807, 2.05) is 13.8 Å². The first-order valence-electron chi connectivity index (χ1n) is 5.74. The fourth-order valence-corrected chi connectivity index (χ4v) is 2.08. The number of amides is 1. The molecular weight excluding hydrogens is 270 g/mol. The van der Waals surface area contributed by atoms with Crippen LogP contribution in [0.3, 0.4) is 0 Å². The molecule has 6 heteroatoms. The van der Waals surface area contributed by atoms with Gasteiger partial charge in [0.2, 0.25) is 0 Å². The Kier molecular flexibility index (Phi) is 4.52. The molecule has 5 nitrogen and oxygen atoms in total. The number of carbonyl (C=O) groups is 1. The molecule has 2 rings (SSSR count). The molecule has 1 atom stereocenters. The van der Waals surface area contributed by atoms with E-state index in [4.69, 9.17) is 9.47 Å². The summed E-state index contributed by atoms with van der Waals surface area (Å²) in [5.74, 6) is 0.774. The molecule has 2 N–H and O–H groups in total. The Morgan fingerprint density at radius 1 is 1.47 bits per heavy atom. The minimum absolute atomic E-state index is 0. The number of carbonyl (C=O) groups excluding carboxylic acids is 1. The number of rotatable bonds is 2. The number of halogens is 1. The Labute approximate surface area is 118 Å². The minimum atomic E-state index is -0.471. The summed E-state index contributed by atoms with van der Waals surface area (Å²) in [6, 6.07) is 4.65. The number of hydrogen-bond donors (Lipinski definition) is 2. The summed E-state index contributed by atoms with van der Waals surface area (Å²) in [4.78, 5) is 11.4. The number of nitrogens with one attached hydrogen (secondary N) is 1. The van der Waals surface area contributed by atoms with Gasteiger partial charge in [-0.25, -0.2) is 4.79 Å². The van der Waals surface area contributed by atoms with Crippen molar-refractivity contribution in [3.63, 3.8) is 0 Å². The van der Waals surface area contributed by atoms with Crippen molar-refractivity contribution in [1.82, 2.24) is 5.32 Å². The maximum Gasteiger partial charge on any atom is 0.407 e. The number of hydrogen-bond acceptors (Lipinski definition) is 4. The van der Waals surface area contributed by atoms with Gasteiger partial charge in [0, 0.05) is 11.0 Å². The van der Waals surface area contributed by atoms with Crippen molar-refractivity contribution in [1.29, 1.82) is 0 Å². The summed E-state index contributed by atoms with van der Waals surface area (Å²) >= 11 is 0. The average molecular weight is 288 g/mol. The summed E-state index contributed by atoms with van der Waals surface area (Å²) in [7, 11) is 1.56. The molecule has 1 amide bonds. The lowest BCUT2D eigenvalue weighted by Gasteiger charge is -2.38. The third kappa shape index (κ3) is 3.04. The number of aromatic hydroxyl groups is 1. The first kappa shape index (κ1) is 15.4. The van der Waals surface area contributed by atoms with Gasteiger partial charge in [0.25, 0.3) is 0 Å². The van der Waals surface area contributed by atoms with E-state index < -0.39 is 6.09 Å². The zero-order chi connectivity index (χ0) is 13.3. The number of cyclic esters (lactones) is 1. The maximum absolute atomic E-state index is 11.4. The molecule has 0 radical (unpaired) electrons. The number of alkyl carbamates (subject to hydrolysis) is 1. The van der Waals surface area contributed by atoms with Crippen molar-refractivity contribution in [2.45, 2.75) is 19.9 Å². The van der Waals surface area contributed by atoms with Crippen molar-refractivity contribution in [2.24, 2.45) is 5.41 Å². The van der Waals surface area contributed by atoms with Crippen LogP contribution in [0.2, 0.25) is 0 Å². The van der Waals surface area contributed by atoms with Gasteiger partial charge in [-0.05, 0) is 18.2 Å². The van der Waals surface area contributed by atoms with E-state index in [2.05, 4.69) is 5.32 Å². The molecule has 1 saturated heterocycles. The van der Waals surface area contributed by atoms with Crippen molar-refractivity contribution in [3.05, 3.63) is 23.8 Å². The highest BCUT2D eigenvalue weighted by atomic mass is 35.5. The number of phenols is 1. The number of phenolic OH excluding ortho intramolecular Hbond substituents is 1. The molecular formula is C13H18ClNO4. The van der Waals surface area contributed by atoms with Gasteiger partial charge in [-0.1, -0.05) is 13.8 Å². The predicted molar refractivity (Wildman–Crippen MR) is 72.9 cm³/mol. The first-order chi connectivity index (χ1) is 8.44. The van der Waals surface area contributed by atoms with Gasteiger partial charge < -0.3 is 19.9 Å². The standard InChI is InChI=1S/C13H17NO4.ClH/c1-13(2)7-18-12(16)14-11(13)9-6-8(17-3)4-5-10(9)15;/h4-6,11,15H,7H2,1-3H3,(H,14,16);1H/t11-;/m1./s1. The van der Waals surface area contributed by atoms with Crippen molar-refractivity contribution in [2.75, 3.05) is 13.7 Å². The normalized spacial score (nSPS) is 20.8. The third-order valence-electron chi connectivity index (χ3n) is 3.16. The predicted octanol–water partition coefficient (Wildman–Crippen LogP) is 2.63.